The smallest absolute Gasteiger partial charge is 0.245 e. The van der Waals surface area contributed by atoms with Gasteiger partial charge in [-0.3, -0.25) is 10.1 Å². The quantitative estimate of drug-likeness (QED) is 0.775. The van der Waals surface area contributed by atoms with Gasteiger partial charge in [0.25, 0.3) is 0 Å². The van der Waals surface area contributed by atoms with Crippen LogP contribution in [0.3, 0.4) is 0 Å². The second-order valence-electron chi connectivity index (χ2n) is 3.94. The maximum Gasteiger partial charge on any atom is 0.245 e. The van der Waals surface area contributed by atoms with E-state index in [2.05, 4.69) is 30.4 Å². The molecule has 3 rings (SSSR count). The molecule has 0 aliphatic carbocycles. The third kappa shape index (κ3) is 2.12. The first-order chi connectivity index (χ1) is 8.43. The Morgan fingerprint density at radius 2 is 2.06 bits per heavy atom. The Kier molecular flexibility index (Phi) is 2.71. The molecule has 0 spiro atoms. The summed E-state index contributed by atoms with van der Waals surface area (Å²) in [5.74, 6) is 1.48. The largest absolute Gasteiger partial charge is 0.337 e. The molecule has 6 heteroatoms. The van der Waals surface area contributed by atoms with Gasteiger partial charge in [-0.25, -0.2) is 0 Å². The molecule has 0 unspecified atom stereocenters. The molecule has 1 aliphatic rings. The normalized spacial score (nSPS) is 16.1. The van der Waals surface area contributed by atoms with Crippen molar-refractivity contribution in [3.8, 4) is 11.5 Å². The molecule has 17 heavy (non-hydrogen) atoms. The average molecular weight is 230 g/mol. The summed E-state index contributed by atoms with van der Waals surface area (Å²) < 4.78 is 0. The summed E-state index contributed by atoms with van der Waals surface area (Å²) >= 11 is 0. The van der Waals surface area contributed by atoms with E-state index in [-0.39, 0.29) is 0 Å². The van der Waals surface area contributed by atoms with Crippen molar-refractivity contribution in [2.75, 3.05) is 31.1 Å². The van der Waals surface area contributed by atoms with Crippen LogP contribution in [0.5, 0.6) is 0 Å². The van der Waals surface area contributed by atoms with E-state index in [4.69, 9.17) is 0 Å². The summed E-state index contributed by atoms with van der Waals surface area (Å²) in [6.45, 7) is 3.85. The minimum absolute atomic E-state index is 0.721. The van der Waals surface area contributed by atoms with Gasteiger partial charge in [-0.15, -0.1) is 5.10 Å². The van der Waals surface area contributed by atoms with Crippen molar-refractivity contribution >= 4 is 5.95 Å². The van der Waals surface area contributed by atoms with Gasteiger partial charge in [0.2, 0.25) is 5.95 Å². The van der Waals surface area contributed by atoms with Crippen LogP contribution in [0.25, 0.3) is 11.5 Å². The lowest BCUT2D eigenvalue weighted by Gasteiger charge is -2.25. The monoisotopic (exact) mass is 230 g/mol. The van der Waals surface area contributed by atoms with Gasteiger partial charge in [0.05, 0.1) is 0 Å². The number of H-pyrrole nitrogens is 1. The molecule has 0 saturated carbocycles. The number of aromatic nitrogens is 4. The van der Waals surface area contributed by atoms with Crippen molar-refractivity contribution in [2.45, 2.75) is 0 Å². The van der Waals surface area contributed by atoms with Crippen molar-refractivity contribution in [3.05, 3.63) is 24.4 Å². The first-order valence-electron chi connectivity index (χ1n) is 5.73. The van der Waals surface area contributed by atoms with Gasteiger partial charge in [-0.1, -0.05) is 6.07 Å². The van der Waals surface area contributed by atoms with E-state index < -0.39 is 0 Å². The van der Waals surface area contributed by atoms with Crippen molar-refractivity contribution in [1.29, 1.82) is 0 Å². The summed E-state index contributed by atoms with van der Waals surface area (Å²) in [6, 6.07) is 5.74. The first-order valence-corrected chi connectivity index (χ1v) is 5.73. The lowest BCUT2D eigenvalue weighted by molar-refractivity contribution is 0.580. The van der Waals surface area contributed by atoms with Crippen molar-refractivity contribution in [3.63, 3.8) is 0 Å². The Labute approximate surface area is 99.1 Å². The van der Waals surface area contributed by atoms with Crippen LogP contribution in [0.15, 0.2) is 24.4 Å². The van der Waals surface area contributed by atoms with Gasteiger partial charge in [-0.05, 0) is 12.1 Å². The molecular weight excluding hydrogens is 216 g/mol. The van der Waals surface area contributed by atoms with E-state index >= 15 is 0 Å². The summed E-state index contributed by atoms with van der Waals surface area (Å²) in [7, 11) is 0. The van der Waals surface area contributed by atoms with Crippen LogP contribution in [0.4, 0.5) is 5.95 Å². The number of anilines is 1. The third-order valence-corrected chi connectivity index (χ3v) is 2.78. The highest BCUT2D eigenvalue weighted by atomic mass is 15.4. The van der Waals surface area contributed by atoms with Crippen LogP contribution in [0, 0.1) is 0 Å². The maximum absolute atomic E-state index is 4.47. The molecule has 0 amide bonds. The molecular formula is C11H14N6. The fraction of sp³-hybridized carbons (Fsp3) is 0.364. The van der Waals surface area contributed by atoms with Crippen LogP contribution >= 0.6 is 0 Å². The summed E-state index contributed by atoms with van der Waals surface area (Å²) in [4.78, 5) is 10.9. The molecule has 0 atom stereocenters. The average Bonchev–Trinajstić information content (AvgIpc) is 2.90. The van der Waals surface area contributed by atoms with E-state index in [9.17, 15) is 0 Å². The third-order valence-electron chi connectivity index (χ3n) is 2.78. The number of hydrogen-bond acceptors (Lipinski definition) is 5. The number of rotatable bonds is 2. The minimum Gasteiger partial charge on any atom is -0.337 e. The van der Waals surface area contributed by atoms with E-state index in [1.165, 1.54) is 0 Å². The molecule has 2 N–H and O–H groups in total. The lowest BCUT2D eigenvalue weighted by atomic mass is 10.3. The molecule has 2 aromatic rings. The Morgan fingerprint density at radius 3 is 2.82 bits per heavy atom. The highest BCUT2D eigenvalue weighted by molar-refractivity contribution is 5.50. The summed E-state index contributed by atoms with van der Waals surface area (Å²) in [6.07, 6.45) is 1.75. The molecule has 0 aromatic carbocycles. The molecule has 2 aromatic heterocycles. The van der Waals surface area contributed by atoms with E-state index in [1.807, 2.05) is 18.2 Å². The van der Waals surface area contributed by atoms with Gasteiger partial charge in [0.15, 0.2) is 5.82 Å². The van der Waals surface area contributed by atoms with Crippen molar-refractivity contribution < 1.29 is 0 Å². The van der Waals surface area contributed by atoms with Crippen LogP contribution in [-0.4, -0.2) is 46.3 Å². The molecule has 3 heterocycles. The highest BCUT2D eigenvalue weighted by Gasteiger charge is 2.15. The number of hydrogen-bond donors (Lipinski definition) is 2. The predicted molar refractivity (Wildman–Crippen MR) is 64.7 cm³/mol. The van der Waals surface area contributed by atoms with Gasteiger partial charge in [-0.2, -0.15) is 4.98 Å². The fourth-order valence-electron chi connectivity index (χ4n) is 1.88. The van der Waals surface area contributed by atoms with Gasteiger partial charge >= 0.3 is 0 Å². The molecule has 0 bridgehead atoms. The number of pyridine rings is 1. The number of piperazine rings is 1. The van der Waals surface area contributed by atoms with Crippen LogP contribution < -0.4 is 10.2 Å². The van der Waals surface area contributed by atoms with Gasteiger partial charge in [0.1, 0.15) is 5.69 Å². The number of nitrogens with one attached hydrogen (secondary N) is 2. The van der Waals surface area contributed by atoms with Crippen LogP contribution in [-0.2, 0) is 0 Å². The topological polar surface area (TPSA) is 69.7 Å². The Bertz CT molecular complexity index is 474. The highest BCUT2D eigenvalue weighted by Crippen LogP contribution is 2.15. The molecule has 1 aliphatic heterocycles. The van der Waals surface area contributed by atoms with E-state index in [0.29, 0.717) is 0 Å². The zero-order valence-corrected chi connectivity index (χ0v) is 9.43. The second-order valence-corrected chi connectivity index (χ2v) is 3.94. The summed E-state index contributed by atoms with van der Waals surface area (Å²) in [5.41, 5.74) is 0.821. The van der Waals surface area contributed by atoms with E-state index in [1.54, 1.807) is 6.20 Å². The van der Waals surface area contributed by atoms with Crippen LogP contribution in [0.1, 0.15) is 0 Å². The molecule has 0 radical (unpaired) electrons. The zero-order valence-electron chi connectivity index (χ0n) is 9.43. The molecule has 88 valence electrons. The van der Waals surface area contributed by atoms with E-state index in [0.717, 1.165) is 43.6 Å². The fourth-order valence-corrected chi connectivity index (χ4v) is 1.88. The number of nitrogens with zero attached hydrogens (tertiary/aromatic N) is 4. The Hall–Kier alpha value is -1.95. The second kappa shape index (κ2) is 4.50. The SMILES string of the molecule is c1ccc(-c2nc(N3CCNCC3)n[nH]2)nc1. The minimum atomic E-state index is 0.721. The van der Waals surface area contributed by atoms with Gasteiger partial charge < -0.3 is 10.2 Å². The molecule has 1 fully saturated rings. The van der Waals surface area contributed by atoms with Crippen molar-refractivity contribution in [1.82, 2.24) is 25.5 Å². The van der Waals surface area contributed by atoms with Crippen molar-refractivity contribution in [2.24, 2.45) is 0 Å². The molecule has 6 nitrogen and oxygen atoms in total. The predicted octanol–water partition coefficient (Wildman–Crippen LogP) is 0.276. The summed E-state index contributed by atoms with van der Waals surface area (Å²) in [5, 5.41) is 10.5. The van der Waals surface area contributed by atoms with Gasteiger partial charge in [0, 0.05) is 32.4 Å². The first kappa shape index (κ1) is 10.2. The zero-order chi connectivity index (χ0) is 11.5. The molecule has 1 saturated heterocycles. The Morgan fingerprint density at radius 1 is 1.18 bits per heavy atom. The number of aromatic amines is 1. The standard InChI is InChI=1S/C11H14N6/c1-2-4-13-9(3-1)10-14-11(16-15-10)17-7-5-12-6-8-17/h1-4,12H,5-8H2,(H,14,15,16). The Balaban J connectivity index is 1.83. The maximum atomic E-state index is 4.47. The lowest BCUT2D eigenvalue weighted by Crippen LogP contribution is -2.44. The van der Waals surface area contributed by atoms with Crippen LogP contribution in [0.2, 0.25) is 0 Å².